The molecule has 1 fully saturated rings. The van der Waals surface area contributed by atoms with Crippen molar-refractivity contribution in [1.82, 2.24) is 30.7 Å². The lowest BCUT2D eigenvalue weighted by Crippen LogP contribution is -2.53. The molecule has 1 aromatic rings. The number of carbonyl (C=O) groups is 2. The second-order valence-electron chi connectivity index (χ2n) is 6.35. The van der Waals surface area contributed by atoms with Crippen molar-refractivity contribution < 1.29 is 9.59 Å². The number of nitrogens with zero attached hydrogens (tertiary/aromatic N) is 4. The molecule has 2 unspecified atom stereocenters. The van der Waals surface area contributed by atoms with Crippen molar-refractivity contribution in [2.75, 3.05) is 26.6 Å². The molecule has 3 heterocycles. The van der Waals surface area contributed by atoms with E-state index in [4.69, 9.17) is 0 Å². The molecule has 3 rings (SSSR count). The quantitative estimate of drug-likeness (QED) is 0.697. The van der Waals surface area contributed by atoms with Gasteiger partial charge in [0.05, 0.1) is 11.7 Å². The van der Waals surface area contributed by atoms with Crippen molar-refractivity contribution in [2.24, 2.45) is 0 Å². The van der Waals surface area contributed by atoms with Gasteiger partial charge in [-0.15, -0.1) is 5.10 Å². The van der Waals surface area contributed by atoms with E-state index < -0.39 is 0 Å². The molecular formula is C15H23N7O2. The highest BCUT2D eigenvalue weighted by molar-refractivity contribution is 5.76. The third-order valence-corrected chi connectivity index (χ3v) is 4.57. The third kappa shape index (κ3) is 2.93. The monoisotopic (exact) mass is 333 g/mol. The number of anilines is 1. The summed E-state index contributed by atoms with van der Waals surface area (Å²) in [5.74, 6) is 0.457. The molecule has 2 atom stereocenters. The number of rotatable bonds is 2. The minimum atomic E-state index is -0.364. The van der Waals surface area contributed by atoms with E-state index in [-0.39, 0.29) is 24.1 Å². The van der Waals surface area contributed by atoms with Gasteiger partial charge >= 0.3 is 12.1 Å². The van der Waals surface area contributed by atoms with Gasteiger partial charge in [-0.1, -0.05) is 0 Å². The Balaban J connectivity index is 1.87. The lowest BCUT2D eigenvalue weighted by molar-refractivity contribution is 0.0786. The summed E-state index contributed by atoms with van der Waals surface area (Å²) in [4.78, 5) is 27.5. The lowest BCUT2D eigenvalue weighted by atomic mass is 9.82. The van der Waals surface area contributed by atoms with Crippen LogP contribution in [-0.2, 0) is 6.42 Å². The Morgan fingerprint density at radius 1 is 1.29 bits per heavy atom. The van der Waals surface area contributed by atoms with Crippen LogP contribution in [0, 0.1) is 0 Å². The predicted molar refractivity (Wildman–Crippen MR) is 88.3 cm³/mol. The van der Waals surface area contributed by atoms with Gasteiger partial charge in [-0.05, 0) is 25.3 Å². The Bertz CT molecular complexity index is 649. The first-order valence-corrected chi connectivity index (χ1v) is 8.11. The molecule has 2 aliphatic heterocycles. The van der Waals surface area contributed by atoms with Crippen LogP contribution in [0.15, 0.2) is 6.07 Å². The van der Waals surface area contributed by atoms with Crippen molar-refractivity contribution >= 4 is 17.9 Å². The fraction of sp³-hybridized carbons (Fsp3) is 0.600. The van der Waals surface area contributed by atoms with Crippen LogP contribution in [0.2, 0.25) is 0 Å². The number of amides is 4. The number of carbonyl (C=O) groups excluding carboxylic acids is 2. The zero-order valence-corrected chi connectivity index (χ0v) is 14.2. The van der Waals surface area contributed by atoms with E-state index in [1.54, 1.807) is 19.0 Å². The summed E-state index contributed by atoms with van der Waals surface area (Å²) < 4.78 is 0. The Morgan fingerprint density at radius 2 is 2.08 bits per heavy atom. The number of hydrazine groups is 1. The number of urea groups is 2. The average Bonchev–Trinajstić information content (AvgIpc) is 2.58. The van der Waals surface area contributed by atoms with E-state index in [9.17, 15) is 9.59 Å². The van der Waals surface area contributed by atoms with Gasteiger partial charge in [-0.25, -0.2) is 9.59 Å². The molecule has 2 bridgehead atoms. The van der Waals surface area contributed by atoms with E-state index in [0.717, 1.165) is 36.9 Å². The molecule has 0 spiro atoms. The maximum absolute atomic E-state index is 12.6. The summed E-state index contributed by atoms with van der Waals surface area (Å²) in [7, 11) is 5.08. The number of piperidine rings is 1. The average molecular weight is 333 g/mol. The van der Waals surface area contributed by atoms with Gasteiger partial charge in [-0.3, -0.25) is 10.9 Å². The number of hydrogen-bond acceptors (Lipinski definition) is 5. The fourth-order valence-corrected chi connectivity index (χ4v) is 3.45. The van der Waals surface area contributed by atoms with Crippen molar-refractivity contribution in [1.29, 1.82) is 0 Å². The number of aromatic nitrogens is 2. The van der Waals surface area contributed by atoms with E-state index in [1.807, 2.05) is 11.0 Å². The van der Waals surface area contributed by atoms with Gasteiger partial charge in [-0.2, -0.15) is 5.10 Å². The lowest BCUT2D eigenvalue weighted by Gasteiger charge is -2.47. The van der Waals surface area contributed by atoms with Gasteiger partial charge in [0, 0.05) is 39.2 Å². The van der Waals surface area contributed by atoms with Crippen molar-refractivity contribution in [3.63, 3.8) is 0 Å². The zero-order valence-electron chi connectivity index (χ0n) is 14.2. The second-order valence-corrected chi connectivity index (χ2v) is 6.35. The molecule has 24 heavy (non-hydrogen) atoms. The topological polar surface area (TPSA) is 102 Å². The van der Waals surface area contributed by atoms with Crippen molar-refractivity contribution in [3.8, 4) is 0 Å². The summed E-state index contributed by atoms with van der Waals surface area (Å²) in [6.45, 7) is 0. The highest BCUT2D eigenvalue weighted by Gasteiger charge is 2.41. The van der Waals surface area contributed by atoms with Gasteiger partial charge in [0.2, 0.25) is 0 Å². The molecule has 130 valence electrons. The molecule has 0 radical (unpaired) electrons. The Hall–Kier alpha value is -2.58. The van der Waals surface area contributed by atoms with Crippen LogP contribution in [-0.4, -0.2) is 59.2 Å². The fourth-order valence-electron chi connectivity index (χ4n) is 3.45. The molecule has 0 aliphatic carbocycles. The molecule has 9 heteroatoms. The zero-order chi connectivity index (χ0) is 17.3. The van der Waals surface area contributed by atoms with Crippen LogP contribution in [0.1, 0.15) is 36.6 Å². The third-order valence-electron chi connectivity index (χ3n) is 4.57. The highest BCUT2D eigenvalue weighted by Crippen LogP contribution is 2.41. The Morgan fingerprint density at radius 3 is 2.79 bits per heavy atom. The van der Waals surface area contributed by atoms with Gasteiger partial charge in [0.15, 0.2) is 5.82 Å². The summed E-state index contributed by atoms with van der Waals surface area (Å²) >= 11 is 0. The standard InChI is InChI=1S/C15H23N7O2/c1-16-14(23)20-19-13-8-10-11(17-18-13)7-9-5-4-6-12(10)22(9)15(24)21(2)3/h8-9,12H,4-7H2,1-3H3,(H,18,19)(H2,16,20,23). The summed E-state index contributed by atoms with van der Waals surface area (Å²) in [5, 5.41) is 10.9. The smallest absolute Gasteiger partial charge is 0.333 e. The molecular weight excluding hydrogens is 310 g/mol. The van der Waals surface area contributed by atoms with Crippen LogP contribution in [0.5, 0.6) is 0 Å². The van der Waals surface area contributed by atoms with E-state index >= 15 is 0 Å². The first-order chi connectivity index (χ1) is 11.5. The Kier molecular flexibility index (Phi) is 4.41. The normalized spacial score (nSPS) is 21.5. The summed E-state index contributed by atoms with van der Waals surface area (Å²) in [6.07, 6.45) is 3.72. The van der Waals surface area contributed by atoms with Gasteiger partial charge in [0.25, 0.3) is 0 Å². The van der Waals surface area contributed by atoms with Crippen LogP contribution in [0.4, 0.5) is 15.4 Å². The summed E-state index contributed by atoms with van der Waals surface area (Å²) in [5.41, 5.74) is 7.16. The largest absolute Gasteiger partial charge is 0.340 e. The molecule has 3 N–H and O–H groups in total. The molecule has 0 aromatic carbocycles. The second kappa shape index (κ2) is 6.50. The molecule has 1 aromatic heterocycles. The SMILES string of the molecule is CNC(=O)NNc1cc2c(nn1)CC1CCCC2N1C(=O)N(C)C. The number of hydrogen-bond donors (Lipinski definition) is 3. The first kappa shape index (κ1) is 16.3. The highest BCUT2D eigenvalue weighted by atomic mass is 16.2. The van der Waals surface area contributed by atoms with Crippen molar-refractivity contribution in [3.05, 3.63) is 17.3 Å². The van der Waals surface area contributed by atoms with E-state index in [0.29, 0.717) is 5.82 Å². The molecule has 1 saturated heterocycles. The molecule has 4 amide bonds. The van der Waals surface area contributed by atoms with Crippen LogP contribution in [0.25, 0.3) is 0 Å². The van der Waals surface area contributed by atoms with Crippen LogP contribution < -0.4 is 16.2 Å². The van der Waals surface area contributed by atoms with Crippen LogP contribution in [0.3, 0.4) is 0 Å². The maximum Gasteiger partial charge on any atom is 0.333 e. The van der Waals surface area contributed by atoms with E-state index in [2.05, 4.69) is 26.4 Å². The number of fused-ring (bicyclic) bond motifs is 4. The van der Waals surface area contributed by atoms with E-state index in [1.165, 1.54) is 7.05 Å². The van der Waals surface area contributed by atoms with Gasteiger partial charge < -0.3 is 15.1 Å². The minimum absolute atomic E-state index is 0.0125. The first-order valence-electron chi connectivity index (χ1n) is 8.11. The van der Waals surface area contributed by atoms with Gasteiger partial charge in [0.1, 0.15) is 0 Å². The minimum Gasteiger partial charge on any atom is -0.340 e. The molecule has 0 saturated carbocycles. The molecule has 2 aliphatic rings. The predicted octanol–water partition coefficient (Wildman–Crippen LogP) is 0.866. The van der Waals surface area contributed by atoms with Crippen molar-refractivity contribution in [2.45, 2.75) is 37.8 Å². The maximum atomic E-state index is 12.6. The number of nitrogens with one attached hydrogen (secondary N) is 3. The Labute approximate surface area is 140 Å². The summed E-state index contributed by atoms with van der Waals surface area (Å²) in [6, 6.07) is 1.74. The van der Waals surface area contributed by atoms with Crippen LogP contribution >= 0.6 is 0 Å². The molecule has 9 nitrogen and oxygen atoms in total.